The van der Waals surface area contributed by atoms with E-state index in [0.29, 0.717) is 0 Å². The summed E-state index contributed by atoms with van der Waals surface area (Å²) in [4.78, 5) is 2.70. The van der Waals surface area contributed by atoms with Crippen LogP contribution in [0.2, 0.25) is 0 Å². The van der Waals surface area contributed by atoms with E-state index in [1.807, 2.05) is 0 Å². The van der Waals surface area contributed by atoms with Crippen LogP contribution in [0, 0.1) is 0 Å². The molecule has 0 aromatic rings. The zero-order chi connectivity index (χ0) is 15.8. The Morgan fingerprint density at radius 3 is 2.00 bits per heavy atom. The van der Waals surface area contributed by atoms with Crippen molar-refractivity contribution in [3.05, 3.63) is 12.4 Å². The van der Waals surface area contributed by atoms with Crippen LogP contribution in [-0.2, 0) is 0 Å². The number of hydrogen-bond acceptors (Lipinski definition) is 2. The third kappa shape index (κ3) is 2.93. The van der Waals surface area contributed by atoms with E-state index in [0.717, 1.165) is 0 Å². The van der Waals surface area contributed by atoms with Crippen molar-refractivity contribution >= 4 is 0 Å². The summed E-state index contributed by atoms with van der Waals surface area (Å²) in [6, 6.07) is 0. The van der Waals surface area contributed by atoms with E-state index in [2.05, 4.69) is 0 Å². The number of alkyl halides is 8. The van der Waals surface area contributed by atoms with E-state index in [-0.39, 0.29) is 6.67 Å². The molecule has 1 heterocycles. The molecule has 0 radical (unpaired) electrons. The fourth-order valence-electron chi connectivity index (χ4n) is 1.56. The molecule has 0 saturated heterocycles. The van der Waals surface area contributed by atoms with Gasteiger partial charge in [-0.15, -0.1) is 0 Å². The van der Waals surface area contributed by atoms with Gasteiger partial charge in [0.25, 0.3) is 0 Å². The van der Waals surface area contributed by atoms with Gasteiger partial charge in [0, 0.05) is 32.4 Å². The second-order valence-electron chi connectivity index (χ2n) is 4.46. The molecular weight excluding hydrogens is 300 g/mol. The normalized spacial score (nSPS) is 17.5. The summed E-state index contributed by atoms with van der Waals surface area (Å²) in [6.45, 7) is -0.546. The van der Waals surface area contributed by atoms with E-state index < -0.39 is 37.2 Å². The Morgan fingerprint density at radius 2 is 1.60 bits per heavy atom. The molecule has 20 heavy (non-hydrogen) atoms. The molecule has 0 aromatic heterocycles. The average Bonchev–Trinajstić information content (AvgIpc) is 2.72. The molecule has 0 unspecified atom stereocenters. The molecule has 1 rings (SSSR count). The van der Waals surface area contributed by atoms with Crippen LogP contribution in [0.15, 0.2) is 12.4 Å². The molecule has 0 spiro atoms. The molecule has 10 heteroatoms. The van der Waals surface area contributed by atoms with Crippen LogP contribution in [0.5, 0.6) is 0 Å². The molecule has 0 N–H and O–H groups in total. The standard InChI is InChI=1S/C10H12F8N2/c1-19-4-5-20(6-19)3-2-8(13,14)10(17,18)9(15,16)7(11)12/h4-5,7H,2-3,6H2,1H3. The Balaban J connectivity index is 2.74. The minimum atomic E-state index is -6.12. The van der Waals surface area contributed by atoms with Crippen molar-refractivity contribution in [2.45, 2.75) is 30.6 Å². The van der Waals surface area contributed by atoms with Gasteiger partial charge in [0.2, 0.25) is 0 Å². The number of rotatable bonds is 6. The van der Waals surface area contributed by atoms with E-state index in [1.54, 1.807) is 7.05 Å². The zero-order valence-corrected chi connectivity index (χ0v) is 10.3. The van der Waals surface area contributed by atoms with Crippen LogP contribution in [0.4, 0.5) is 35.1 Å². The molecule has 2 nitrogen and oxygen atoms in total. The summed E-state index contributed by atoms with van der Waals surface area (Å²) >= 11 is 0. The maximum absolute atomic E-state index is 13.2. The van der Waals surface area contributed by atoms with Crippen LogP contribution in [0.25, 0.3) is 0 Å². The lowest BCUT2D eigenvalue weighted by Gasteiger charge is -2.33. The molecule has 0 aliphatic carbocycles. The molecule has 0 saturated carbocycles. The molecule has 1 aliphatic heterocycles. The first-order chi connectivity index (χ1) is 8.92. The van der Waals surface area contributed by atoms with Gasteiger partial charge in [-0.2, -0.15) is 26.3 Å². The predicted octanol–water partition coefficient (Wildman–Crippen LogP) is 3.22. The highest BCUT2D eigenvalue weighted by atomic mass is 19.4. The summed E-state index contributed by atoms with van der Waals surface area (Å²) in [5.74, 6) is -17.5. The number of halogens is 8. The van der Waals surface area contributed by atoms with Crippen LogP contribution in [-0.4, -0.2) is 54.3 Å². The fourth-order valence-corrected chi connectivity index (χ4v) is 1.56. The molecule has 0 amide bonds. The molecular formula is C10H12F8N2. The molecule has 0 bridgehead atoms. The van der Waals surface area contributed by atoms with Crippen LogP contribution < -0.4 is 0 Å². The largest absolute Gasteiger partial charge is 0.377 e. The predicted molar refractivity (Wildman–Crippen MR) is 53.9 cm³/mol. The van der Waals surface area contributed by atoms with Gasteiger partial charge in [-0.05, 0) is 0 Å². The topological polar surface area (TPSA) is 6.48 Å². The van der Waals surface area contributed by atoms with Crippen molar-refractivity contribution in [2.24, 2.45) is 0 Å². The second kappa shape index (κ2) is 5.28. The van der Waals surface area contributed by atoms with E-state index >= 15 is 0 Å². The summed E-state index contributed by atoms with van der Waals surface area (Å²) < 4.78 is 101. The maximum Gasteiger partial charge on any atom is 0.377 e. The SMILES string of the molecule is CN1C=CN(CCC(F)(F)C(F)(F)C(F)(F)C(F)F)C1. The molecule has 1 aliphatic rings. The first-order valence-corrected chi connectivity index (χ1v) is 5.46. The van der Waals surface area contributed by atoms with Crippen LogP contribution in [0.1, 0.15) is 6.42 Å². The summed E-state index contributed by atoms with van der Waals surface area (Å²) in [7, 11) is 1.58. The fraction of sp³-hybridized carbons (Fsp3) is 0.800. The highest BCUT2D eigenvalue weighted by Crippen LogP contribution is 2.49. The van der Waals surface area contributed by atoms with Crippen molar-refractivity contribution in [3.8, 4) is 0 Å². The van der Waals surface area contributed by atoms with Gasteiger partial charge in [0.05, 0.1) is 6.67 Å². The lowest BCUT2D eigenvalue weighted by atomic mass is 10.0. The highest BCUT2D eigenvalue weighted by molar-refractivity contribution is 4.99. The van der Waals surface area contributed by atoms with E-state index in [4.69, 9.17) is 0 Å². The van der Waals surface area contributed by atoms with E-state index in [9.17, 15) is 35.1 Å². The summed E-state index contributed by atoms with van der Waals surface area (Å²) in [6.07, 6.45) is -3.77. The van der Waals surface area contributed by atoms with Gasteiger partial charge < -0.3 is 9.80 Å². The van der Waals surface area contributed by atoms with Gasteiger partial charge in [-0.25, -0.2) is 8.78 Å². The van der Waals surface area contributed by atoms with Crippen LogP contribution in [0.3, 0.4) is 0 Å². The third-order valence-corrected chi connectivity index (χ3v) is 2.80. The lowest BCUT2D eigenvalue weighted by Crippen LogP contribution is -2.58. The average molecular weight is 312 g/mol. The Labute approximate surface area is 109 Å². The van der Waals surface area contributed by atoms with Crippen molar-refractivity contribution in [3.63, 3.8) is 0 Å². The zero-order valence-electron chi connectivity index (χ0n) is 10.3. The first-order valence-electron chi connectivity index (χ1n) is 5.46. The van der Waals surface area contributed by atoms with Gasteiger partial charge in [-0.1, -0.05) is 0 Å². The van der Waals surface area contributed by atoms with Crippen molar-refractivity contribution in [1.29, 1.82) is 0 Å². The number of hydrogen-bond donors (Lipinski definition) is 0. The molecule has 0 aromatic carbocycles. The summed E-state index contributed by atoms with van der Waals surface area (Å²) in [5.41, 5.74) is 0. The highest BCUT2D eigenvalue weighted by Gasteiger charge is 2.74. The van der Waals surface area contributed by atoms with Gasteiger partial charge in [-0.3, -0.25) is 0 Å². The van der Waals surface area contributed by atoms with Gasteiger partial charge >= 0.3 is 24.2 Å². The third-order valence-electron chi connectivity index (χ3n) is 2.80. The first kappa shape index (κ1) is 16.8. The Hall–Kier alpha value is -1.22. The Kier molecular flexibility index (Phi) is 4.45. The Bertz CT molecular complexity index is 368. The summed E-state index contributed by atoms with van der Waals surface area (Å²) in [5, 5.41) is 0. The van der Waals surface area contributed by atoms with Crippen molar-refractivity contribution < 1.29 is 35.1 Å². The maximum atomic E-state index is 13.2. The minimum Gasteiger partial charge on any atom is -0.362 e. The van der Waals surface area contributed by atoms with Gasteiger partial charge in [0.1, 0.15) is 0 Å². The molecule has 118 valence electrons. The quantitative estimate of drug-likeness (QED) is 0.695. The van der Waals surface area contributed by atoms with Crippen molar-refractivity contribution in [1.82, 2.24) is 9.80 Å². The smallest absolute Gasteiger partial charge is 0.362 e. The second-order valence-corrected chi connectivity index (χ2v) is 4.46. The number of nitrogens with zero attached hydrogens (tertiary/aromatic N) is 2. The van der Waals surface area contributed by atoms with Crippen molar-refractivity contribution in [2.75, 3.05) is 20.3 Å². The molecule has 0 atom stereocenters. The molecule has 0 fully saturated rings. The van der Waals surface area contributed by atoms with Gasteiger partial charge in [0.15, 0.2) is 0 Å². The minimum absolute atomic E-state index is 0.118. The lowest BCUT2D eigenvalue weighted by molar-refractivity contribution is -0.339. The van der Waals surface area contributed by atoms with Crippen LogP contribution >= 0.6 is 0 Å². The monoisotopic (exact) mass is 312 g/mol. The Morgan fingerprint density at radius 1 is 1.05 bits per heavy atom. The van der Waals surface area contributed by atoms with E-state index in [1.165, 1.54) is 22.2 Å².